The highest BCUT2D eigenvalue weighted by Crippen LogP contribution is 2.16. The van der Waals surface area contributed by atoms with Gasteiger partial charge in [0.05, 0.1) is 0 Å². The third kappa shape index (κ3) is 13.5. The van der Waals surface area contributed by atoms with Crippen LogP contribution < -0.4 is 0 Å². The van der Waals surface area contributed by atoms with Crippen LogP contribution in [0.2, 0.25) is 0 Å². The molecule has 0 atom stereocenters. The first-order valence-electron chi connectivity index (χ1n) is 8.90. The number of aliphatic carboxylic acids is 1. The van der Waals surface area contributed by atoms with E-state index in [0.717, 1.165) is 0 Å². The molecule has 0 aliphatic rings. The van der Waals surface area contributed by atoms with Gasteiger partial charge in [-0.25, -0.2) is 14.4 Å². The minimum atomic E-state index is -1.15. The molecule has 156 valence electrons. The highest BCUT2D eigenvalue weighted by molar-refractivity contribution is 5.88. The average molecular weight is 389 g/mol. The molecule has 0 spiro atoms. The second kappa shape index (κ2) is 10.7. The van der Waals surface area contributed by atoms with Gasteiger partial charge in [0, 0.05) is 12.8 Å². The molecule has 0 bridgehead atoms. The predicted molar refractivity (Wildman–Crippen MR) is 95.7 cm³/mol. The third-order valence-electron chi connectivity index (χ3n) is 2.83. The van der Waals surface area contributed by atoms with Crippen molar-refractivity contribution in [2.75, 3.05) is 0 Å². The van der Waals surface area contributed by atoms with Crippen molar-refractivity contribution in [2.45, 2.75) is 91.3 Å². The van der Waals surface area contributed by atoms with Crippen molar-refractivity contribution in [3.63, 3.8) is 0 Å². The highest BCUT2D eigenvalue weighted by Gasteiger charge is 2.34. The van der Waals surface area contributed by atoms with Crippen molar-refractivity contribution in [1.82, 2.24) is 5.06 Å². The van der Waals surface area contributed by atoms with Crippen LogP contribution in [0.15, 0.2) is 0 Å². The number of imide groups is 1. The summed E-state index contributed by atoms with van der Waals surface area (Å²) in [6.07, 6.45) is -0.00709. The molecule has 1 N–H and O–H groups in total. The van der Waals surface area contributed by atoms with Crippen LogP contribution in [0.1, 0.15) is 80.1 Å². The van der Waals surface area contributed by atoms with Crippen molar-refractivity contribution in [3.8, 4) is 0 Å². The first-order chi connectivity index (χ1) is 12.2. The lowest BCUT2D eigenvalue weighted by Gasteiger charge is -2.27. The number of amides is 2. The summed E-state index contributed by atoms with van der Waals surface area (Å²) in [7, 11) is 0. The maximum atomic E-state index is 12.2. The normalized spacial score (nSPS) is 11.5. The Morgan fingerprint density at radius 1 is 0.741 bits per heavy atom. The van der Waals surface area contributed by atoms with Gasteiger partial charge in [-0.3, -0.25) is 4.79 Å². The number of ether oxygens (including phenoxy) is 2. The maximum Gasteiger partial charge on any atom is 0.454 e. The third-order valence-corrected chi connectivity index (χ3v) is 2.83. The molecule has 0 aromatic rings. The number of rotatable bonds is 7. The van der Waals surface area contributed by atoms with Crippen molar-refractivity contribution >= 4 is 24.1 Å². The van der Waals surface area contributed by atoms with E-state index in [1.54, 1.807) is 41.5 Å². The molecule has 2 amide bonds. The standard InChI is InChI=1S/C18H31NO8/c1-17(2,3)25-15(23)19(16(24)26-18(4,5)6)27-14(22)12-10-8-7-9-11-13(20)21/h7-12H2,1-6H3,(H,20,21). The van der Waals surface area contributed by atoms with Crippen LogP contribution in [0.4, 0.5) is 9.59 Å². The van der Waals surface area contributed by atoms with Gasteiger partial charge in [-0.2, -0.15) is 0 Å². The summed E-state index contributed by atoms with van der Waals surface area (Å²) in [5.74, 6) is -1.65. The molecular formula is C18H31NO8. The van der Waals surface area contributed by atoms with E-state index in [1.807, 2.05) is 0 Å². The predicted octanol–water partition coefficient (Wildman–Crippen LogP) is 4.04. The molecule has 0 aliphatic carbocycles. The Kier molecular flexibility index (Phi) is 9.82. The van der Waals surface area contributed by atoms with E-state index < -0.39 is 35.3 Å². The molecule has 0 radical (unpaired) electrons. The highest BCUT2D eigenvalue weighted by atomic mass is 16.8. The number of carbonyl (C=O) groups is 4. The lowest BCUT2D eigenvalue weighted by atomic mass is 10.1. The molecule has 0 aromatic heterocycles. The van der Waals surface area contributed by atoms with Crippen LogP contribution in [-0.4, -0.2) is 45.5 Å². The van der Waals surface area contributed by atoms with E-state index >= 15 is 0 Å². The van der Waals surface area contributed by atoms with E-state index in [-0.39, 0.29) is 17.9 Å². The Balaban J connectivity index is 4.69. The Morgan fingerprint density at radius 3 is 1.52 bits per heavy atom. The summed E-state index contributed by atoms with van der Waals surface area (Å²) in [5, 5.41) is 8.74. The molecule has 0 heterocycles. The smallest absolute Gasteiger partial charge is 0.454 e. The van der Waals surface area contributed by atoms with Gasteiger partial charge in [-0.1, -0.05) is 12.8 Å². The van der Waals surface area contributed by atoms with Crippen LogP contribution in [0.25, 0.3) is 0 Å². The molecule has 0 unspecified atom stereocenters. The Morgan fingerprint density at radius 2 is 1.15 bits per heavy atom. The van der Waals surface area contributed by atoms with Crippen LogP contribution >= 0.6 is 0 Å². The molecule has 0 aromatic carbocycles. The molecule has 9 heteroatoms. The van der Waals surface area contributed by atoms with E-state index in [4.69, 9.17) is 19.4 Å². The van der Waals surface area contributed by atoms with Crippen LogP contribution in [0, 0.1) is 0 Å². The van der Waals surface area contributed by atoms with Crippen molar-refractivity contribution in [3.05, 3.63) is 0 Å². The molecule has 27 heavy (non-hydrogen) atoms. The summed E-state index contributed by atoms with van der Waals surface area (Å²) >= 11 is 0. The van der Waals surface area contributed by atoms with Crippen molar-refractivity contribution in [2.24, 2.45) is 0 Å². The molecule has 0 saturated heterocycles. The van der Waals surface area contributed by atoms with Gasteiger partial charge in [0.25, 0.3) is 0 Å². The van der Waals surface area contributed by atoms with Gasteiger partial charge in [0.2, 0.25) is 0 Å². The van der Waals surface area contributed by atoms with Crippen molar-refractivity contribution < 1.29 is 38.6 Å². The van der Waals surface area contributed by atoms with E-state index in [0.29, 0.717) is 25.7 Å². The summed E-state index contributed by atoms with van der Waals surface area (Å²) in [4.78, 5) is 51.6. The number of hydrogen-bond acceptors (Lipinski definition) is 7. The van der Waals surface area contributed by atoms with Crippen LogP contribution in [0.3, 0.4) is 0 Å². The van der Waals surface area contributed by atoms with E-state index in [1.165, 1.54) is 0 Å². The van der Waals surface area contributed by atoms with Gasteiger partial charge in [-0.05, 0) is 59.4 Å². The molecule has 0 rings (SSSR count). The fourth-order valence-corrected chi connectivity index (χ4v) is 1.80. The fraction of sp³-hybridized carbons (Fsp3) is 0.778. The van der Waals surface area contributed by atoms with Crippen molar-refractivity contribution in [1.29, 1.82) is 0 Å². The first-order valence-corrected chi connectivity index (χ1v) is 8.90. The van der Waals surface area contributed by atoms with Crippen LogP contribution in [-0.2, 0) is 23.9 Å². The fourth-order valence-electron chi connectivity index (χ4n) is 1.80. The second-order valence-corrected chi connectivity index (χ2v) is 8.03. The lowest BCUT2D eigenvalue weighted by molar-refractivity contribution is -0.179. The minimum absolute atomic E-state index is 0.0326. The summed E-state index contributed by atoms with van der Waals surface area (Å²) < 4.78 is 10.1. The Labute approximate surface area is 159 Å². The number of nitrogens with zero attached hydrogens (tertiary/aromatic N) is 1. The summed E-state index contributed by atoms with van der Waals surface area (Å²) in [5.41, 5.74) is -1.79. The molecule has 0 fully saturated rings. The van der Waals surface area contributed by atoms with E-state index in [9.17, 15) is 19.2 Å². The summed E-state index contributed by atoms with van der Waals surface area (Å²) in [6, 6.07) is 0. The maximum absolute atomic E-state index is 12.2. The zero-order chi connectivity index (χ0) is 21.3. The lowest BCUT2D eigenvalue weighted by Crippen LogP contribution is -2.44. The zero-order valence-corrected chi connectivity index (χ0v) is 17.0. The molecule has 9 nitrogen and oxygen atoms in total. The largest absolute Gasteiger partial charge is 0.481 e. The van der Waals surface area contributed by atoms with Gasteiger partial charge in [-0.15, -0.1) is 0 Å². The van der Waals surface area contributed by atoms with E-state index in [2.05, 4.69) is 0 Å². The average Bonchev–Trinajstić information content (AvgIpc) is 2.44. The molecule has 0 saturated carbocycles. The zero-order valence-electron chi connectivity index (χ0n) is 17.0. The monoisotopic (exact) mass is 389 g/mol. The second-order valence-electron chi connectivity index (χ2n) is 8.03. The topological polar surface area (TPSA) is 119 Å². The molecular weight excluding hydrogens is 358 g/mol. The Hall–Kier alpha value is -2.32. The van der Waals surface area contributed by atoms with Gasteiger partial charge >= 0.3 is 24.1 Å². The first kappa shape index (κ1) is 24.7. The van der Waals surface area contributed by atoms with Gasteiger partial charge in [0.1, 0.15) is 11.2 Å². The number of carboxylic acids is 1. The number of carboxylic acid groups (broad SMARTS) is 1. The van der Waals surface area contributed by atoms with Crippen LogP contribution in [0.5, 0.6) is 0 Å². The quantitative estimate of drug-likeness (QED) is 0.512. The number of carbonyl (C=O) groups excluding carboxylic acids is 3. The number of hydrogen-bond donors (Lipinski definition) is 1. The Bertz CT molecular complexity index is 502. The van der Waals surface area contributed by atoms with Gasteiger partial charge < -0.3 is 19.4 Å². The molecule has 0 aliphatic heterocycles. The number of unbranched alkanes of at least 4 members (excludes halogenated alkanes) is 3. The van der Waals surface area contributed by atoms with Gasteiger partial charge in [0.15, 0.2) is 0 Å². The minimum Gasteiger partial charge on any atom is -0.481 e. The number of hydroxylamine groups is 2. The summed E-state index contributed by atoms with van der Waals surface area (Å²) in [6.45, 7) is 9.65. The SMILES string of the molecule is CC(C)(C)OC(=O)N(OC(=O)CCCCCCC(=O)O)C(=O)OC(C)(C)C.